The van der Waals surface area contributed by atoms with Crippen LogP contribution in [0.2, 0.25) is 0 Å². The molecule has 0 aliphatic heterocycles. The van der Waals surface area contributed by atoms with Crippen LogP contribution in [0.5, 0.6) is 5.75 Å². The van der Waals surface area contributed by atoms with Crippen molar-refractivity contribution in [1.29, 1.82) is 0 Å². The summed E-state index contributed by atoms with van der Waals surface area (Å²) in [5.74, 6) is 1.68. The Labute approximate surface area is 150 Å². The van der Waals surface area contributed by atoms with Gasteiger partial charge in [0.15, 0.2) is 5.96 Å². The van der Waals surface area contributed by atoms with Crippen LogP contribution >= 0.6 is 0 Å². The second-order valence-corrected chi connectivity index (χ2v) is 6.06. The molecule has 0 aliphatic rings. The SMILES string of the molecule is CN=C(NCc1ccccc1)NCc1cccc(OCCN(C)C)c1. The molecule has 0 amide bonds. The summed E-state index contributed by atoms with van der Waals surface area (Å²) in [6.45, 7) is 3.02. The van der Waals surface area contributed by atoms with E-state index in [0.29, 0.717) is 13.2 Å². The highest BCUT2D eigenvalue weighted by Crippen LogP contribution is 2.13. The normalized spacial score (nSPS) is 11.4. The van der Waals surface area contributed by atoms with E-state index < -0.39 is 0 Å². The van der Waals surface area contributed by atoms with Gasteiger partial charge in [0.2, 0.25) is 0 Å². The maximum Gasteiger partial charge on any atom is 0.191 e. The second kappa shape index (κ2) is 10.4. The average Bonchev–Trinajstić information content (AvgIpc) is 2.63. The molecule has 2 aromatic carbocycles. The number of rotatable bonds is 8. The summed E-state index contributed by atoms with van der Waals surface area (Å²) >= 11 is 0. The first kappa shape index (κ1) is 18.8. The van der Waals surface area contributed by atoms with Crippen molar-refractivity contribution in [3.63, 3.8) is 0 Å². The molecule has 0 spiro atoms. The van der Waals surface area contributed by atoms with Gasteiger partial charge in [-0.25, -0.2) is 0 Å². The van der Waals surface area contributed by atoms with Gasteiger partial charge in [0.05, 0.1) is 0 Å². The van der Waals surface area contributed by atoms with Crippen LogP contribution in [-0.4, -0.2) is 45.2 Å². The van der Waals surface area contributed by atoms with E-state index in [1.807, 2.05) is 44.4 Å². The van der Waals surface area contributed by atoms with Gasteiger partial charge in [0.25, 0.3) is 0 Å². The van der Waals surface area contributed by atoms with Crippen LogP contribution in [0.3, 0.4) is 0 Å². The Morgan fingerprint density at radius 1 is 0.960 bits per heavy atom. The Morgan fingerprint density at radius 3 is 2.32 bits per heavy atom. The van der Waals surface area contributed by atoms with Crippen molar-refractivity contribution in [3.8, 4) is 5.75 Å². The van der Waals surface area contributed by atoms with E-state index in [1.54, 1.807) is 7.05 Å². The Bertz CT molecular complexity index is 656. The molecule has 2 aromatic rings. The molecule has 0 saturated heterocycles. The molecule has 0 atom stereocenters. The molecule has 0 aliphatic carbocycles. The number of hydrogen-bond donors (Lipinski definition) is 2. The molecule has 25 heavy (non-hydrogen) atoms. The van der Waals surface area contributed by atoms with Crippen molar-refractivity contribution >= 4 is 5.96 Å². The summed E-state index contributed by atoms with van der Waals surface area (Å²) in [5.41, 5.74) is 2.38. The molecule has 5 nitrogen and oxygen atoms in total. The zero-order chi connectivity index (χ0) is 17.9. The molecule has 2 rings (SSSR count). The Hall–Kier alpha value is -2.53. The molecule has 2 N–H and O–H groups in total. The minimum absolute atomic E-state index is 0.685. The highest BCUT2D eigenvalue weighted by atomic mass is 16.5. The Morgan fingerprint density at radius 2 is 1.64 bits per heavy atom. The van der Waals surface area contributed by atoms with Crippen LogP contribution in [0.4, 0.5) is 0 Å². The number of benzene rings is 2. The molecule has 0 heterocycles. The number of likely N-dealkylation sites (N-methyl/N-ethyl adjacent to an activating group) is 1. The van der Waals surface area contributed by atoms with Gasteiger partial charge in [-0.1, -0.05) is 42.5 Å². The highest BCUT2D eigenvalue weighted by molar-refractivity contribution is 5.79. The molecule has 0 unspecified atom stereocenters. The monoisotopic (exact) mass is 340 g/mol. The topological polar surface area (TPSA) is 48.9 Å². The van der Waals surface area contributed by atoms with Crippen LogP contribution in [0.1, 0.15) is 11.1 Å². The molecule has 0 aromatic heterocycles. The van der Waals surface area contributed by atoms with Gasteiger partial charge < -0.3 is 20.3 Å². The highest BCUT2D eigenvalue weighted by Gasteiger charge is 2.01. The number of nitrogens with one attached hydrogen (secondary N) is 2. The average molecular weight is 340 g/mol. The van der Waals surface area contributed by atoms with Gasteiger partial charge in [-0.05, 0) is 37.4 Å². The first-order valence-corrected chi connectivity index (χ1v) is 8.52. The van der Waals surface area contributed by atoms with Crippen molar-refractivity contribution in [2.45, 2.75) is 13.1 Å². The lowest BCUT2D eigenvalue weighted by atomic mass is 10.2. The van der Waals surface area contributed by atoms with Crippen molar-refractivity contribution < 1.29 is 4.74 Å². The fourth-order valence-corrected chi connectivity index (χ4v) is 2.28. The summed E-state index contributed by atoms with van der Waals surface area (Å²) in [5, 5.41) is 6.65. The summed E-state index contributed by atoms with van der Waals surface area (Å²) in [6, 6.07) is 18.4. The van der Waals surface area contributed by atoms with Crippen molar-refractivity contribution in [2.24, 2.45) is 4.99 Å². The quantitative estimate of drug-likeness (QED) is 0.573. The van der Waals surface area contributed by atoms with Crippen molar-refractivity contribution in [2.75, 3.05) is 34.3 Å². The molecular weight excluding hydrogens is 312 g/mol. The van der Waals surface area contributed by atoms with E-state index in [0.717, 1.165) is 30.4 Å². The Kier molecular flexibility index (Phi) is 7.79. The fourth-order valence-electron chi connectivity index (χ4n) is 2.28. The number of aliphatic imine (C=N–C) groups is 1. The van der Waals surface area contributed by atoms with E-state index >= 15 is 0 Å². The van der Waals surface area contributed by atoms with E-state index in [1.165, 1.54) is 5.56 Å². The minimum Gasteiger partial charge on any atom is -0.492 e. The molecule has 0 fully saturated rings. The summed E-state index contributed by atoms with van der Waals surface area (Å²) in [4.78, 5) is 6.37. The minimum atomic E-state index is 0.685. The van der Waals surface area contributed by atoms with Gasteiger partial charge in [0.1, 0.15) is 12.4 Å². The van der Waals surface area contributed by atoms with Gasteiger partial charge in [-0.2, -0.15) is 0 Å². The maximum absolute atomic E-state index is 5.78. The molecule has 5 heteroatoms. The summed E-state index contributed by atoms with van der Waals surface area (Å²) in [6.07, 6.45) is 0. The molecule has 0 radical (unpaired) electrons. The number of hydrogen-bond acceptors (Lipinski definition) is 3. The molecule has 0 bridgehead atoms. The smallest absolute Gasteiger partial charge is 0.191 e. The van der Waals surface area contributed by atoms with Crippen LogP contribution in [0, 0.1) is 0 Å². The first-order chi connectivity index (χ1) is 12.2. The van der Waals surface area contributed by atoms with Crippen LogP contribution in [0.15, 0.2) is 59.6 Å². The zero-order valence-electron chi connectivity index (χ0n) is 15.3. The van der Waals surface area contributed by atoms with Crippen molar-refractivity contribution in [3.05, 3.63) is 65.7 Å². The maximum atomic E-state index is 5.78. The van der Waals surface area contributed by atoms with Gasteiger partial charge in [-0.15, -0.1) is 0 Å². The molecule has 0 saturated carbocycles. The van der Waals surface area contributed by atoms with E-state index in [9.17, 15) is 0 Å². The number of guanidine groups is 1. The van der Waals surface area contributed by atoms with Crippen LogP contribution in [-0.2, 0) is 13.1 Å². The van der Waals surface area contributed by atoms with E-state index in [2.05, 4.69) is 44.8 Å². The number of nitrogens with zero attached hydrogens (tertiary/aromatic N) is 2. The predicted octanol–water partition coefficient (Wildman–Crippen LogP) is 2.49. The third kappa shape index (κ3) is 7.27. The lowest BCUT2D eigenvalue weighted by Crippen LogP contribution is -2.36. The van der Waals surface area contributed by atoms with Crippen LogP contribution in [0.25, 0.3) is 0 Å². The van der Waals surface area contributed by atoms with Crippen molar-refractivity contribution in [1.82, 2.24) is 15.5 Å². The zero-order valence-corrected chi connectivity index (χ0v) is 15.3. The standard InChI is InChI=1S/C20H28N4O/c1-21-20(22-15-17-8-5-4-6-9-17)23-16-18-10-7-11-19(14-18)25-13-12-24(2)3/h4-11,14H,12-13,15-16H2,1-3H3,(H2,21,22,23). The first-order valence-electron chi connectivity index (χ1n) is 8.52. The van der Waals surface area contributed by atoms with Gasteiger partial charge in [-0.3, -0.25) is 4.99 Å². The lowest BCUT2D eigenvalue weighted by molar-refractivity contribution is 0.261. The summed E-state index contributed by atoms with van der Waals surface area (Å²) in [7, 11) is 5.86. The number of ether oxygens (including phenoxy) is 1. The Balaban J connectivity index is 1.80. The van der Waals surface area contributed by atoms with E-state index in [-0.39, 0.29) is 0 Å². The molecule has 134 valence electrons. The van der Waals surface area contributed by atoms with Gasteiger partial charge >= 0.3 is 0 Å². The summed E-state index contributed by atoms with van der Waals surface area (Å²) < 4.78 is 5.78. The third-order valence-electron chi connectivity index (χ3n) is 3.69. The molecular formula is C20H28N4O. The lowest BCUT2D eigenvalue weighted by Gasteiger charge is -2.14. The fraction of sp³-hybridized carbons (Fsp3) is 0.350. The van der Waals surface area contributed by atoms with Gasteiger partial charge in [0, 0.05) is 26.7 Å². The third-order valence-corrected chi connectivity index (χ3v) is 3.69. The largest absolute Gasteiger partial charge is 0.492 e. The van der Waals surface area contributed by atoms with Crippen LogP contribution < -0.4 is 15.4 Å². The van der Waals surface area contributed by atoms with E-state index in [4.69, 9.17) is 4.74 Å². The second-order valence-electron chi connectivity index (χ2n) is 6.06. The predicted molar refractivity (Wildman–Crippen MR) is 104 cm³/mol.